The van der Waals surface area contributed by atoms with Crippen LogP contribution >= 0.6 is 0 Å². The monoisotopic (exact) mass is 369 g/mol. The first-order chi connectivity index (χ1) is 13.1. The molecule has 0 saturated carbocycles. The van der Waals surface area contributed by atoms with Crippen LogP contribution < -0.4 is 4.74 Å². The zero-order chi connectivity index (χ0) is 19.2. The van der Waals surface area contributed by atoms with Crippen molar-refractivity contribution in [2.75, 3.05) is 19.6 Å². The molecule has 3 nitrogen and oxygen atoms in total. The number of ether oxygens (including phenoxy) is 1. The van der Waals surface area contributed by atoms with E-state index in [0.717, 1.165) is 45.3 Å². The van der Waals surface area contributed by atoms with Crippen LogP contribution in [0.1, 0.15) is 60.5 Å². The average molecular weight is 369 g/mol. The van der Waals surface area contributed by atoms with Crippen LogP contribution in [0.4, 0.5) is 4.39 Å². The van der Waals surface area contributed by atoms with E-state index in [1.54, 1.807) is 12.1 Å². The van der Waals surface area contributed by atoms with Crippen molar-refractivity contribution in [2.45, 2.75) is 45.4 Å². The van der Waals surface area contributed by atoms with Crippen molar-refractivity contribution in [1.29, 1.82) is 0 Å². The highest BCUT2D eigenvalue weighted by molar-refractivity contribution is 5.91. The molecule has 0 bridgehead atoms. The Morgan fingerprint density at radius 1 is 1.15 bits per heavy atom. The third-order valence-electron chi connectivity index (χ3n) is 5.18. The normalized spacial score (nSPS) is 15.8. The lowest BCUT2D eigenvalue weighted by Crippen LogP contribution is -2.29. The number of carbonyl (C=O) groups is 1. The number of hydrogen-bond donors (Lipinski definition) is 0. The number of benzene rings is 2. The van der Waals surface area contributed by atoms with E-state index in [9.17, 15) is 9.18 Å². The fourth-order valence-corrected chi connectivity index (χ4v) is 3.95. The summed E-state index contributed by atoms with van der Waals surface area (Å²) in [6.07, 6.45) is 4.50. The number of aryl methyl sites for hydroxylation is 1. The summed E-state index contributed by atoms with van der Waals surface area (Å²) < 4.78 is 19.3. The highest BCUT2D eigenvalue weighted by atomic mass is 19.1. The van der Waals surface area contributed by atoms with Crippen molar-refractivity contribution in [2.24, 2.45) is 0 Å². The van der Waals surface area contributed by atoms with Gasteiger partial charge in [0.1, 0.15) is 11.6 Å². The molecule has 1 aliphatic rings. The van der Waals surface area contributed by atoms with Gasteiger partial charge in [0.15, 0.2) is 0 Å². The maximum absolute atomic E-state index is 13.8. The zero-order valence-electron chi connectivity index (χ0n) is 16.2. The summed E-state index contributed by atoms with van der Waals surface area (Å²) in [5.74, 6) is -0.255. The fourth-order valence-electron chi connectivity index (χ4n) is 3.95. The summed E-state index contributed by atoms with van der Waals surface area (Å²) in [5, 5.41) is 0. The predicted molar refractivity (Wildman–Crippen MR) is 106 cm³/mol. The van der Waals surface area contributed by atoms with Crippen LogP contribution in [0.2, 0.25) is 0 Å². The highest BCUT2D eigenvalue weighted by Crippen LogP contribution is 2.36. The van der Waals surface area contributed by atoms with Gasteiger partial charge in [0.05, 0.1) is 5.56 Å². The second-order valence-corrected chi connectivity index (χ2v) is 7.27. The first-order valence-corrected chi connectivity index (χ1v) is 9.94. The van der Waals surface area contributed by atoms with Crippen LogP contribution in [0.15, 0.2) is 42.5 Å². The van der Waals surface area contributed by atoms with Gasteiger partial charge in [-0.25, -0.2) is 9.18 Å². The lowest BCUT2D eigenvalue weighted by atomic mass is 10.00. The molecule has 2 aromatic rings. The number of halogens is 1. The van der Waals surface area contributed by atoms with Gasteiger partial charge in [0, 0.05) is 6.54 Å². The summed E-state index contributed by atoms with van der Waals surface area (Å²) in [5.41, 5.74) is 2.57. The molecule has 0 N–H and O–H groups in total. The number of esters is 1. The SMILES string of the molecule is CCCN(CCC)CC1CCc2ccc(OC(=O)c3ccccc3F)cc21. The third kappa shape index (κ3) is 4.75. The minimum absolute atomic E-state index is 0.0355. The Morgan fingerprint density at radius 2 is 1.89 bits per heavy atom. The summed E-state index contributed by atoms with van der Waals surface area (Å²) in [4.78, 5) is 14.8. The molecule has 4 heteroatoms. The summed E-state index contributed by atoms with van der Waals surface area (Å²) in [7, 11) is 0. The van der Waals surface area contributed by atoms with Crippen molar-refractivity contribution >= 4 is 5.97 Å². The average Bonchev–Trinajstić information content (AvgIpc) is 3.04. The van der Waals surface area contributed by atoms with Crippen molar-refractivity contribution < 1.29 is 13.9 Å². The number of carbonyl (C=O) groups excluding carboxylic acids is 1. The molecule has 3 rings (SSSR count). The van der Waals surface area contributed by atoms with E-state index >= 15 is 0 Å². The predicted octanol–water partition coefficient (Wildman–Crippen LogP) is 5.20. The molecule has 0 heterocycles. The second-order valence-electron chi connectivity index (χ2n) is 7.27. The fraction of sp³-hybridized carbons (Fsp3) is 0.435. The lowest BCUT2D eigenvalue weighted by Gasteiger charge is -2.25. The first-order valence-electron chi connectivity index (χ1n) is 9.94. The molecule has 0 fully saturated rings. The van der Waals surface area contributed by atoms with Crippen molar-refractivity contribution in [1.82, 2.24) is 4.90 Å². The molecule has 27 heavy (non-hydrogen) atoms. The largest absolute Gasteiger partial charge is 0.423 e. The molecule has 0 aliphatic heterocycles. The van der Waals surface area contributed by atoms with E-state index in [4.69, 9.17) is 4.74 Å². The van der Waals surface area contributed by atoms with Gasteiger partial charge < -0.3 is 9.64 Å². The van der Waals surface area contributed by atoms with Gasteiger partial charge in [-0.2, -0.15) is 0 Å². The smallest absolute Gasteiger partial charge is 0.346 e. The van der Waals surface area contributed by atoms with Crippen molar-refractivity contribution in [3.05, 3.63) is 65.0 Å². The van der Waals surface area contributed by atoms with E-state index in [1.165, 1.54) is 23.3 Å². The van der Waals surface area contributed by atoms with Gasteiger partial charge in [0.2, 0.25) is 0 Å². The molecule has 0 spiro atoms. The van der Waals surface area contributed by atoms with Gasteiger partial charge in [-0.05, 0) is 80.1 Å². The molecular formula is C23H28FNO2. The van der Waals surface area contributed by atoms with Crippen molar-refractivity contribution in [3.8, 4) is 5.75 Å². The maximum atomic E-state index is 13.8. The summed E-state index contributed by atoms with van der Waals surface area (Å²) in [6.45, 7) is 7.69. The molecular weight excluding hydrogens is 341 g/mol. The van der Waals surface area contributed by atoms with Gasteiger partial charge in [-0.15, -0.1) is 0 Å². The van der Waals surface area contributed by atoms with Crippen molar-refractivity contribution in [3.63, 3.8) is 0 Å². The Kier molecular flexibility index (Phi) is 6.62. The van der Waals surface area contributed by atoms with E-state index in [-0.39, 0.29) is 5.56 Å². The Balaban J connectivity index is 1.74. The maximum Gasteiger partial charge on any atom is 0.346 e. The minimum atomic E-state index is -0.652. The van der Waals surface area contributed by atoms with E-state index < -0.39 is 11.8 Å². The molecule has 0 amide bonds. The van der Waals surface area contributed by atoms with Gasteiger partial charge in [-0.1, -0.05) is 32.0 Å². The number of nitrogens with zero attached hydrogens (tertiary/aromatic N) is 1. The number of rotatable bonds is 8. The van der Waals surface area contributed by atoms with Crippen LogP contribution in [0.25, 0.3) is 0 Å². The Morgan fingerprint density at radius 3 is 2.59 bits per heavy atom. The van der Waals surface area contributed by atoms with Gasteiger partial charge in [0.25, 0.3) is 0 Å². The van der Waals surface area contributed by atoms with Crippen LogP contribution in [-0.4, -0.2) is 30.5 Å². The zero-order valence-corrected chi connectivity index (χ0v) is 16.2. The molecule has 1 unspecified atom stereocenters. The van der Waals surface area contributed by atoms with Gasteiger partial charge in [-0.3, -0.25) is 0 Å². The molecule has 2 aromatic carbocycles. The molecule has 0 aromatic heterocycles. The minimum Gasteiger partial charge on any atom is -0.423 e. The van der Waals surface area contributed by atoms with Crippen LogP contribution in [0.3, 0.4) is 0 Å². The Labute approximate surface area is 161 Å². The number of hydrogen-bond acceptors (Lipinski definition) is 3. The van der Waals surface area contributed by atoms with Gasteiger partial charge >= 0.3 is 5.97 Å². The van der Waals surface area contributed by atoms with E-state index in [0.29, 0.717) is 11.7 Å². The highest BCUT2D eigenvalue weighted by Gasteiger charge is 2.25. The lowest BCUT2D eigenvalue weighted by molar-refractivity contribution is 0.0729. The first kappa shape index (κ1) is 19.6. The summed E-state index contributed by atoms with van der Waals surface area (Å²) in [6, 6.07) is 11.7. The Bertz CT molecular complexity index is 784. The summed E-state index contributed by atoms with van der Waals surface area (Å²) >= 11 is 0. The molecule has 144 valence electrons. The van der Waals surface area contributed by atoms with Crippen LogP contribution in [-0.2, 0) is 6.42 Å². The molecule has 0 radical (unpaired) electrons. The quantitative estimate of drug-likeness (QED) is 0.473. The van der Waals surface area contributed by atoms with E-state index in [1.807, 2.05) is 18.2 Å². The third-order valence-corrected chi connectivity index (χ3v) is 5.18. The van der Waals surface area contributed by atoms with E-state index in [2.05, 4.69) is 18.7 Å². The topological polar surface area (TPSA) is 29.5 Å². The second kappa shape index (κ2) is 9.14. The van der Waals surface area contributed by atoms with Crippen LogP contribution in [0, 0.1) is 5.82 Å². The Hall–Kier alpha value is -2.20. The number of fused-ring (bicyclic) bond motifs is 1. The molecule has 1 aliphatic carbocycles. The molecule has 1 atom stereocenters. The molecule has 0 saturated heterocycles. The standard InChI is InChI=1S/C23H28FNO2/c1-3-13-25(14-4-2)16-18-10-9-17-11-12-19(15-21(17)18)27-23(26)20-7-5-6-8-22(20)24/h5-8,11-12,15,18H,3-4,9-10,13-14,16H2,1-2H3. The van der Waals surface area contributed by atoms with Crippen LogP contribution in [0.5, 0.6) is 5.75 Å².